The van der Waals surface area contributed by atoms with E-state index in [1.54, 1.807) is 6.07 Å². The van der Waals surface area contributed by atoms with Crippen LogP contribution in [-0.4, -0.2) is 34.1 Å². The monoisotopic (exact) mass is 418 g/mol. The zero-order chi connectivity index (χ0) is 17.6. The molecule has 8 heteroatoms. The number of aromatic nitrogens is 2. The molecule has 128 valence electrons. The molecule has 3 aromatic rings. The van der Waals surface area contributed by atoms with Crippen LogP contribution in [0.15, 0.2) is 58.2 Å². The lowest BCUT2D eigenvalue weighted by atomic mass is 10.3. The Morgan fingerprint density at radius 3 is 2.64 bits per heavy atom. The highest BCUT2D eigenvalue weighted by Crippen LogP contribution is 2.21. The molecule has 0 spiro atoms. The first-order valence-electron chi connectivity index (χ1n) is 7.50. The number of thioether (sulfide) groups is 1. The summed E-state index contributed by atoms with van der Waals surface area (Å²) < 4.78 is 0.787. The summed E-state index contributed by atoms with van der Waals surface area (Å²) in [7, 11) is 0. The molecule has 0 aliphatic heterocycles. The third kappa shape index (κ3) is 4.83. The molecule has 25 heavy (non-hydrogen) atoms. The van der Waals surface area contributed by atoms with E-state index in [0.29, 0.717) is 10.8 Å². The van der Waals surface area contributed by atoms with Crippen molar-refractivity contribution < 1.29 is 9.59 Å². The molecule has 0 unspecified atom stereocenters. The van der Waals surface area contributed by atoms with E-state index >= 15 is 0 Å². The lowest BCUT2D eigenvalue weighted by Gasteiger charge is -2.08. The largest absolute Gasteiger partial charge is 0.346 e. The lowest BCUT2D eigenvalue weighted by Crippen LogP contribution is -2.33. The Balaban J connectivity index is 1.44. The zero-order valence-corrected chi connectivity index (χ0v) is 15.5. The van der Waals surface area contributed by atoms with E-state index < -0.39 is 0 Å². The van der Waals surface area contributed by atoms with Gasteiger partial charge in [-0.25, -0.2) is 4.98 Å². The molecule has 0 fully saturated rings. The van der Waals surface area contributed by atoms with E-state index in [-0.39, 0.29) is 24.1 Å². The maximum absolute atomic E-state index is 11.9. The molecule has 3 rings (SSSR count). The Kier molecular flexibility index (Phi) is 5.72. The summed E-state index contributed by atoms with van der Waals surface area (Å²) >= 11 is 4.65. The topological polar surface area (TPSA) is 86.9 Å². The number of nitrogens with one attached hydrogen (secondary N) is 3. The van der Waals surface area contributed by atoms with Crippen molar-refractivity contribution in [3.8, 4) is 0 Å². The summed E-state index contributed by atoms with van der Waals surface area (Å²) in [6.07, 6.45) is 0. The number of H-pyrrole nitrogens is 1. The van der Waals surface area contributed by atoms with Gasteiger partial charge in [0, 0.05) is 4.47 Å². The second-order valence-electron chi connectivity index (χ2n) is 5.15. The number of para-hydroxylation sites is 3. The van der Waals surface area contributed by atoms with Gasteiger partial charge < -0.3 is 15.6 Å². The summed E-state index contributed by atoms with van der Waals surface area (Å²) in [4.78, 5) is 31.3. The van der Waals surface area contributed by atoms with Crippen molar-refractivity contribution in [3.63, 3.8) is 0 Å². The molecule has 6 nitrogen and oxygen atoms in total. The first-order chi connectivity index (χ1) is 12.1. The SMILES string of the molecule is O=C(CSc1nc2ccccc2[nH]1)NCC(=O)Nc1ccccc1Br. The van der Waals surface area contributed by atoms with Gasteiger partial charge in [-0.05, 0) is 40.2 Å². The van der Waals surface area contributed by atoms with Crippen LogP contribution in [0.25, 0.3) is 11.0 Å². The van der Waals surface area contributed by atoms with Crippen LogP contribution in [0.5, 0.6) is 0 Å². The Bertz CT molecular complexity index is 879. The van der Waals surface area contributed by atoms with Gasteiger partial charge in [0.2, 0.25) is 11.8 Å². The minimum Gasteiger partial charge on any atom is -0.346 e. The van der Waals surface area contributed by atoms with Crippen LogP contribution in [0.2, 0.25) is 0 Å². The number of rotatable bonds is 6. The van der Waals surface area contributed by atoms with Crippen LogP contribution in [-0.2, 0) is 9.59 Å². The van der Waals surface area contributed by atoms with E-state index in [2.05, 4.69) is 36.5 Å². The Labute approximate surface area is 156 Å². The van der Waals surface area contributed by atoms with Crippen LogP contribution in [0.4, 0.5) is 5.69 Å². The molecular weight excluding hydrogens is 404 g/mol. The molecule has 0 saturated heterocycles. The maximum atomic E-state index is 11.9. The lowest BCUT2D eigenvalue weighted by molar-refractivity contribution is -0.122. The number of halogens is 1. The fraction of sp³-hybridized carbons (Fsp3) is 0.118. The number of aromatic amines is 1. The Morgan fingerprint density at radius 1 is 1.08 bits per heavy atom. The predicted octanol–water partition coefficient (Wildman–Crippen LogP) is 3.17. The normalized spacial score (nSPS) is 10.6. The molecule has 2 aromatic carbocycles. The van der Waals surface area contributed by atoms with Gasteiger partial charge in [-0.15, -0.1) is 0 Å². The molecule has 2 amide bonds. The van der Waals surface area contributed by atoms with Gasteiger partial charge >= 0.3 is 0 Å². The predicted molar refractivity (Wildman–Crippen MR) is 103 cm³/mol. The summed E-state index contributed by atoms with van der Waals surface area (Å²) in [5.74, 6) is -0.330. The fourth-order valence-corrected chi connectivity index (χ4v) is 3.22. The Morgan fingerprint density at radius 2 is 1.84 bits per heavy atom. The van der Waals surface area contributed by atoms with E-state index in [9.17, 15) is 9.59 Å². The smallest absolute Gasteiger partial charge is 0.243 e. The first kappa shape index (κ1) is 17.5. The highest BCUT2D eigenvalue weighted by molar-refractivity contribution is 9.10. The molecule has 0 aliphatic carbocycles. The molecule has 3 N–H and O–H groups in total. The Hall–Kier alpha value is -2.32. The number of imidazole rings is 1. The fourth-order valence-electron chi connectivity index (χ4n) is 2.12. The van der Waals surface area contributed by atoms with Gasteiger partial charge in [0.1, 0.15) is 0 Å². The van der Waals surface area contributed by atoms with E-state index in [1.807, 2.05) is 42.5 Å². The van der Waals surface area contributed by atoms with Crippen molar-refractivity contribution in [2.75, 3.05) is 17.6 Å². The number of carbonyl (C=O) groups is 2. The minimum atomic E-state index is -0.283. The van der Waals surface area contributed by atoms with Crippen LogP contribution < -0.4 is 10.6 Å². The van der Waals surface area contributed by atoms with Gasteiger partial charge in [-0.2, -0.15) is 0 Å². The van der Waals surface area contributed by atoms with Crippen LogP contribution in [0.1, 0.15) is 0 Å². The average Bonchev–Trinajstić information content (AvgIpc) is 3.03. The van der Waals surface area contributed by atoms with Crippen molar-refractivity contribution >= 4 is 56.2 Å². The van der Waals surface area contributed by atoms with E-state index in [0.717, 1.165) is 15.5 Å². The average molecular weight is 419 g/mol. The van der Waals surface area contributed by atoms with E-state index in [1.165, 1.54) is 11.8 Å². The minimum absolute atomic E-state index is 0.0825. The van der Waals surface area contributed by atoms with Crippen molar-refractivity contribution in [1.29, 1.82) is 0 Å². The van der Waals surface area contributed by atoms with Crippen LogP contribution in [0.3, 0.4) is 0 Å². The number of nitrogens with zero attached hydrogens (tertiary/aromatic N) is 1. The number of hydrogen-bond donors (Lipinski definition) is 3. The summed E-state index contributed by atoms with van der Waals surface area (Å²) in [6.45, 7) is -0.0825. The molecule has 0 aliphatic rings. The molecule has 0 atom stereocenters. The van der Waals surface area contributed by atoms with Crippen molar-refractivity contribution in [2.45, 2.75) is 5.16 Å². The second kappa shape index (κ2) is 8.17. The maximum Gasteiger partial charge on any atom is 0.243 e. The highest BCUT2D eigenvalue weighted by Gasteiger charge is 2.09. The van der Waals surface area contributed by atoms with Gasteiger partial charge in [0.25, 0.3) is 0 Å². The first-order valence-corrected chi connectivity index (χ1v) is 9.28. The van der Waals surface area contributed by atoms with Gasteiger partial charge in [0.15, 0.2) is 5.16 Å². The molecule has 0 radical (unpaired) electrons. The molecule has 0 saturated carbocycles. The second-order valence-corrected chi connectivity index (χ2v) is 6.97. The molecule has 0 bridgehead atoms. The van der Waals surface area contributed by atoms with Crippen molar-refractivity contribution in [3.05, 3.63) is 53.0 Å². The highest BCUT2D eigenvalue weighted by atomic mass is 79.9. The standard InChI is InChI=1S/C17H15BrN4O2S/c18-11-5-1-2-6-12(11)20-15(23)9-19-16(24)10-25-17-21-13-7-3-4-8-14(13)22-17/h1-8H,9-10H2,(H,19,24)(H,20,23)(H,21,22). The quantitative estimate of drug-likeness (QED) is 0.536. The zero-order valence-electron chi connectivity index (χ0n) is 13.1. The van der Waals surface area contributed by atoms with Crippen LogP contribution >= 0.6 is 27.7 Å². The summed E-state index contributed by atoms with van der Waals surface area (Å²) in [6, 6.07) is 15.0. The number of amides is 2. The number of fused-ring (bicyclic) bond motifs is 1. The van der Waals surface area contributed by atoms with Crippen molar-refractivity contribution in [2.24, 2.45) is 0 Å². The van der Waals surface area contributed by atoms with Crippen molar-refractivity contribution in [1.82, 2.24) is 15.3 Å². The number of hydrogen-bond acceptors (Lipinski definition) is 4. The number of carbonyl (C=O) groups excluding carboxylic acids is 2. The van der Waals surface area contributed by atoms with Crippen LogP contribution in [0, 0.1) is 0 Å². The molecular formula is C17H15BrN4O2S. The molecule has 1 heterocycles. The summed E-state index contributed by atoms with van der Waals surface area (Å²) in [5, 5.41) is 6.00. The van der Waals surface area contributed by atoms with Gasteiger partial charge in [-0.3, -0.25) is 9.59 Å². The number of anilines is 1. The third-order valence-electron chi connectivity index (χ3n) is 3.30. The van der Waals surface area contributed by atoms with E-state index in [4.69, 9.17) is 0 Å². The number of benzene rings is 2. The molecule has 1 aromatic heterocycles. The van der Waals surface area contributed by atoms with Gasteiger partial charge in [-0.1, -0.05) is 36.0 Å². The summed E-state index contributed by atoms with van der Waals surface area (Å²) in [5.41, 5.74) is 2.45. The van der Waals surface area contributed by atoms with Gasteiger partial charge in [0.05, 0.1) is 29.0 Å². The third-order valence-corrected chi connectivity index (χ3v) is 4.87.